The molecule has 0 aromatic heterocycles. The Labute approximate surface area is 148 Å². The summed E-state index contributed by atoms with van der Waals surface area (Å²) in [5, 5.41) is 9.29. The molecule has 0 heterocycles. The average molecular weight is 339 g/mol. The molecule has 0 unspecified atom stereocenters. The minimum Gasteiger partial charge on any atom is -0.497 e. The average Bonchev–Trinajstić information content (AvgIpc) is 3.44. The zero-order chi connectivity index (χ0) is 17.6. The van der Waals surface area contributed by atoms with E-state index in [9.17, 15) is 4.79 Å². The number of anilines is 1. The summed E-state index contributed by atoms with van der Waals surface area (Å²) in [6.07, 6.45) is 2.17. The fourth-order valence-corrected chi connectivity index (χ4v) is 2.57. The van der Waals surface area contributed by atoms with Crippen LogP contribution in [0.3, 0.4) is 0 Å². The summed E-state index contributed by atoms with van der Waals surface area (Å²) in [4.78, 5) is 11.7. The van der Waals surface area contributed by atoms with Crippen LogP contribution in [0.4, 0.5) is 10.5 Å². The summed E-state index contributed by atoms with van der Waals surface area (Å²) in [6, 6.07) is 16.5. The van der Waals surface area contributed by atoms with Gasteiger partial charge in [0.2, 0.25) is 0 Å². The Balaban J connectivity index is 1.49. The largest absolute Gasteiger partial charge is 0.497 e. The van der Waals surface area contributed by atoms with E-state index in [1.54, 1.807) is 7.11 Å². The van der Waals surface area contributed by atoms with Crippen LogP contribution in [-0.2, 0) is 6.54 Å². The molecule has 5 heteroatoms. The lowest BCUT2D eigenvalue weighted by atomic mass is 10.1. The van der Waals surface area contributed by atoms with Gasteiger partial charge in [-0.2, -0.15) is 0 Å². The van der Waals surface area contributed by atoms with Crippen molar-refractivity contribution >= 4 is 11.7 Å². The normalized spacial score (nSPS) is 14.6. The van der Waals surface area contributed by atoms with Crippen molar-refractivity contribution < 1.29 is 9.53 Å². The van der Waals surface area contributed by atoms with Gasteiger partial charge in [0.25, 0.3) is 0 Å². The number of ether oxygens (including phenoxy) is 1. The Hall–Kier alpha value is -2.53. The van der Waals surface area contributed by atoms with Crippen molar-refractivity contribution in [2.24, 2.45) is 0 Å². The van der Waals surface area contributed by atoms with Crippen LogP contribution >= 0.6 is 0 Å². The first-order valence-electron chi connectivity index (χ1n) is 8.68. The van der Waals surface area contributed by atoms with Gasteiger partial charge in [0.1, 0.15) is 5.75 Å². The molecule has 0 radical (unpaired) electrons. The van der Waals surface area contributed by atoms with Crippen molar-refractivity contribution in [1.29, 1.82) is 0 Å². The Morgan fingerprint density at radius 3 is 2.40 bits per heavy atom. The minimum absolute atomic E-state index is 0.124. The highest BCUT2D eigenvalue weighted by atomic mass is 16.5. The van der Waals surface area contributed by atoms with Crippen LogP contribution in [0.2, 0.25) is 0 Å². The maximum Gasteiger partial charge on any atom is 0.319 e. The molecule has 2 amide bonds. The van der Waals surface area contributed by atoms with E-state index in [1.165, 1.54) is 11.1 Å². The molecule has 132 valence electrons. The van der Waals surface area contributed by atoms with Gasteiger partial charge in [-0.15, -0.1) is 0 Å². The number of rotatable bonds is 7. The third kappa shape index (κ3) is 5.22. The summed E-state index contributed by atoms with van der Waals surface area (Å²) in [5.74, 6) is 0.866. The summed E-state index contributed by atoms with van der Waals surface area (Å²) in [7, 11) is 1.67. The number of benzene rings is 2. The van der Waals surface area contributed by atoms with Crippen LogP contribution in [0.1, 0.15) is 36.9 Å². The smallest absolute Gasteiger partial charge is 0.319 e. The minimum atomic E-state index is -0.124. The number of amides is 2. The summed E-state index contributed by atoms with van der Waals surface area (Å²) in [6.45, 7) is 2.92. The van der Waals surface area contributed by atoms with Crippen LogP contribution < -0.4 is 20.7 Å². The zero-order valence-corrected chi connectivity index (χ0v) is 14.7. The van der Waals surface area contributed by atoms with Crippen molar-refractivity contribution in [3.63, 3.8) is 0 Å². The first kappa shape index (κ1) is 17.3. The van der Waals surface area contributed by atoms with Crippen LogP contribution in [0.15, 0.2) is 48.5 Å². The molecule has 0 bridgehead atoms. The monoisotopic (exact) mass is 339 g/mol. The quantitative estimate of drug-likeness (QED) is 0.718. The van der Waals surface area contributed by atoms with E-state index in [-0.39, 0.29) is 12.1 Å². The van der Waals surface area contributed by atoms with Gasteiger partial charge in [-0.05, 0) is 55.2 Å². The summed E-state index contributed by atoms with van der Waals surface area (Å²) in [5.41, 5.74) is 3.20. The molecule has 1 aliphatic rings. The molecular formula is C20H25N3O2. The Morgan fingerprint density at radius 2 is 1.80 bits per heavy atom. The van der Waals surface area contributed by atoms with Crippen LogP contribution in [-0.4, -0.2) is 19.2 Å². The second kappa shape index (κ2) is 8.03. The third-order valence-electron chi connectivity index (χ3n) is 4.35. The molecular weight excluding hydrogens is 314 g/mol. The van der Waals surface area contributed by atoms with Crippen molar-refractivity contribution in [2.45, 2.75) is 38.4 Å². The molecule has 2 aromatic carbocycles. The van der Waals surface area contributed by atoms with Gasteiger partial charge in [0.15, 0.2) is 0 Å². The number of hydrogen-bond acceptors (Lipinski definition) is 3. The Morgan fingerprint density at radius 1 is 1.12 bits per heavy atom. The summed E-state index contributed by atoms with van der Waals surface area (Å²) < 4.78 is 5.17. The van der Waals surface area contributed by atoms with Crippen molar-refractivity contribution in [3.8, 4) is 5.75 Å². The first-order valence-corrected chi connectivity index (χ1v) is 8.68. The molecule has 5 nitrogen and oxygen atoms in total. The van der Waals surface area contributed by atoms with Crippen molar-refractivity contribution in [3.05, 3.63) is 59.7 Å². The molecule has 0 aliphatic heterocycles. The van der Waals surface area contributed by atoms with Gasteiger partial charge in [0, 0.05) is 24.3 Å². The Kier molecular flexibility index (Phi) is 5.56. The van der Waals surface area contributed by atoms with E-state index in [0.717, 1.165) is 30.8 Å². The van der Waals surface area contributed by atoms with E-state index in [4.69, 9.17) is 4.74 Å². The lowest BCUT2D eigenvalue weighted by Crippen LogP contribution is -2.30. The van der Waals surface area contributed by atoms with E-state index in [2.05, 4.69) is 35.0 Å². The predicted octanol–water partition coefficient (Wildman–Crippen LogP) is 3.83. The van der Waals surface area contributed by atoms with Gasteiger partial charge < -0.3 is 20.7 Å². The topological polar surface area (TPSA) is 62.4 Å². The molecule has 1 saturated carbocycles. The number of methoxy groups -OCH3 is 1. The molecule has 1 fully saturated rings. The lowest BCUT2D eigenvalue weighted by molar-refractivity contribution is 0.251. The second-order valence-electron chi connectivity index (χ2n) is 6.45. The van der Waals surface area contributed by atoms with Gasteiger partial charge in [-0.3, -0.25) is 0 Å². The van der Waals surface area contributed by atoms with Gasteiger partial charge in [0.05, 0.1) is 7.11 Å². The standard InChI is InChI=1S/C20H25N3O2/c1-14(21-13-15-3-11-19(25-2)12-4-15)16-5-7-17(8-6-16)22-20(24)23-18-9-10-18/h3-8,11-12,14,18,21H,9-10,13H2,1-2H3,(H2,22,23,24)/t14-/m0/s1. The molecule has 25 heavy (non-hydrogen) atoms. The molecule has 1 aliphatic carbocycles. The van der Waals surface area contributed by atoms with Crippen LogP contribution in [0, 0.1) is 0 Å². The lowest BCUT2D eigenvalue weighted by Gasteiger charge is -2.15. The molecule has 0 saturated heterocycles. The molecule has 2 aromatic rings. The first-order chi connectivity index (χ1) is 12.1. The third-order valence-corrected chi connectivity index (χ3v) is 4.35. The van der Waals surface area contributed by atoms with E-state index in [1.807, 2.05) is 36.4 Å². The highest BCUT2D eigenvalue weighted by molar-refractivity contribution is 5.89. The van der Waals surface area contributed by atoms with E-state index in [0.29, 0.717) is 6.04 Å². The molecule has 0 spiro atoms. The number of carbonyl (C=O) groups is 1. The van der Waals surface area contributed by atoms with Gasteiger partial charge in [-0.25, -0.2) is 4.79 Å². The van der Waals surface area contributed by atoms with E-state index < -0.39 is 0 Å². The molecule has 1 atom stereocenters. The van der Waals surface area contributed by atoms with Gasteiger partial charge in [-0.1, -0.05) is 24.3 Å². The van der Waals surface area contributed by atoms with Crippen molar-refractivity contribution in [1.82, 2.24) is 10.6 Å². The number of hydrogen-bond donors (Lipinski definition) is 3. The van der Waals surface area contributed by atoms with Crippen LogP contribution in [0.5, 0.6) is 5.75 Å². The number of urea groups is 1. The summed E-state index contributed by atoms with van der Waals surface area (Å²) >= 11 is 0. The number of nitrogens with one attached hydrogen (secondary N) is 3. The van der Waals surface area contributed by atoms with Gasteiger partial charge >= 0.3 is 6.03 Å². The zero-order valence-electron chi connectivity index (χ0n) is 14.7. The second-order valence-corrected chi connectivity index (χ2v) is 6.45. The fraction of sp³-hybridized carbons (Fsp3) is 0.350. The Bertz CT molecular complexity index is 694. The predicted molar refractivity (Wildman–Crippen MR) is 99.9 cm³/mol. The van der Waals surface area contributed by atoms with E-state index >= 15 is 0 Å². The highest BCUT2D eigenvalue weighted by Gasteiger charge is 2.23. The number of carbonyl (C=O) groups excluding carboxylic acids is 1. The SMILES string of the molecule is COc1ccc(CN[C@@H](C)c2ccc(NC(=O)NC3CC3)cc2)cc1. The maximum absolute atomic E-state index is 11.7. The molecule has 3 N–H and O–H groups in total. The van der Waals surface area contributed by atoms with Crippen molar-refractivity contribution in [2.75, 3.05) is 12.4 Å². The fourth-order valence-electron chi connectivity index (χ4n) is 2.57. The molecule has 3 rings (SSSR count). The maximum atomic E-state index is 11.7. The highest BCUT2D eigenvalue weighted by Crippen LogP contribution is 2.20. The van der Waals surface area contributed by atoms with Crippen LogP contribution in [0.25, 0.3) is 0 Å².